The maximum absolute atomic E-state index is 9.25. The van der Waals surface area contributed by atoms with Gasteiger partial charge in [-0.3, -0.25) is 0 Å². The van der Waals surface area contributed by atoms with Crippen LogP contribution in [-0.2, 0) is 4.79 Å². The van der Waals surface area contributed by atoms with Gasteiger partial charge in [-0.15, -0.1) is 5.73 Å². The molecule has 0 aromatic carbocycles. The summed E-state index contributed by atoms with van der Waals surface area (Å²) < 4.78 is 0. The van der Waals surface area contributed by atoms with Crippen LogP contribution >= 0.6 is 11.6 Å². The van der Waals surface area contributed by atoms with E-state index in [9.17, 15) is 4.79 Å². The first-order valence-corrected chi connectivity index (χ1v) is 2.42. The van der Waals surface area contributed by atoms with E-state index in [4.69, 9.17) is 16.7 Å². The van der Waals surface area contributed by atoms with Gasteiger partial charge >= 0.3 is 5.97 Å². The highest BCUT2D eigenvalue weighted by molar-refractivity contribution is 6.25. The summed E-state index contributed by atoms with van der Waals surface area (Å²) in [6, 6.07) is 0. The summed E-state index contributed by atoms with van der Waals surface area (Å²) in [5, 5.41) is 7.60. The van der Waals surface area contributed by atoms with Gasteiger partial charge in [0.15, 0.2) is 0 Å². The Morgan fingerprint density at radius 2 is 2.00 bits per heavy atom. The summed E-state index contributed by atoms with van der Waals surface area (Å²) in [6.07, 6.45) is 0.833. The second-order valence-electron chi connectivity index (χ2n) is 0.856. The zero-order chi connectivity index (χ0) is 7.70. The predicted octanol–water partition coefficient (Wildman–Crippen LogP) is 1.78. The van der Waals surface area contributed by atoms with Crippen molar-refractivity contribution in [3.05, 3.63) is 30.5 Å². The first kappa shape index (κ1) is 10.9. The van der Waals surface area contributed by atoms with Gasteiger partial charge in [-0.1, -0.05) is 24.8 Å². The molecule has 0 aromatic heterocycles. The highest BCUT2D eigenvalue weighted by atomic mass is 35.5. The minimum Gasteiger partial charge on any atom is -0.478 e. The summed E-state index contributed by atoms with van der Waals surface area (Å²) in [6.45, 7) is 6.13. The highest BCUT2D eigenvalue weighted by Gasteiger charge is 1.73. The number of halogens is 1. The number of hydrogen-bond acceptors (Lipinski definition) is 1. The zero-order valence-electron chi connectivity index (χ0n) is 4.80. The first-order valence-electron chi connectivity index (χ1n) is 1.99. The normalized spacial score (nSPS) is 5.44. The topological polar surface area (TPSA) is 37.3 Å². The fraction of sp³-hybridized carbons (Fsp3) is 0. The fourth-order valence-electron chi connectivity index (χ4n) is 0. The molecule has 1 N–H and O–H groups in total. The van der Waals surface area contributed by atoms with Crippen molar-refractivity contribution in [3.63, 3.8) is 0 Å². The van der Waals surface area contributed by atoms with Gasteiger partial charge in [-0.25, -0.2) is 4.79 Å². The molecule has 0 spiro atoms. The first-order chi connectivity index (χ1) is 4.18. The third-order valence-corrected chi connectivity index (χ3v) is 0.406. The Morgan fingerprint density at radius 3 is 2.00 bits per heavy atom. The van der Waals surface area contributed by atoms with E-state index >= 15 is 0 Å². The van der Waals surface area contributed by atoms with Crippen LogP contribution < -0.4 is 0 Å². The highest BCUT2D eigenvalue weighted by Crippen LogP contribution is 1.64. The number of aliphatic carboxylic acids is 1. The molecule has 0 aromatic rings. The SMILES string of the molecule is C=C=CCl.C=CC(=O)O. The van der Waals surface area contributed by atoms with E-state index in [-0.39, 0.29) is 0 Å². The zero-order valence-corrected chi connectivity index (χ0v) is 5.56. The second kappa shape index (κ2) is 10.1. The molecule has 0 rings (SSSR count). The van der Waals surface area contributed by atoms with Crippen LogP contribution in [-0.4, -0.2) is 11.1 Å². The van der Waals surface area contributed by atoms with Crippen molar-refractivity contribution >= 4 is 17.6 Å². The van der Waals surface area contributed by atoms with Crippen LogP contribution in [0.15, 0.2) is 30.5 Å². The molecule has 0 saturated heterocycles. The average molecular weight is 147 g/mol. The molecule has 0 saturated carbocycles. The van der Waals surface area contributed by atoms with Gasteiger partial charge in [0.1, 0.15) is 0 Å². The third-order valence-electron chi connectivity index (χ3n) is 0.252. The summed E-state index contributed by atoms with van der Waals surface area (Å²) >= 11 is 4.89. The molecular formula is C6H7ClO2. The van der Waals surface area contributed by atoms with Gasteiger partial charge in [-0.2, -0.15) is 0 Å². The lowest BCUT2D eigenvalue weighted by molar-refractivity contribution is -0.131. The molecule has 0 aliphatic rings. The second-order valence-corrected chi connectivity index (χ2v) is 1.07. The van der Waals surface area contributed by atoms with Crippen LogP contribution in [0.25, 0.3) is 0 Å². The largest absolute Gasteiger partial charge is 0.478 e. The minimum absolute atomic E-state index is 0.833. The van der Waals surface area contributed by atoms with Crippen molar-refractivity contribution < 1.29 is 9.90 Å². The summed E-state index contributed by atoms with van der Waals surface area (Å²) in [4.78, 5) is 9.25. The molecule has 0 aliphatic carbocycles. The smallest absolute Gasteiger partial charge is 0.327 e. The number of hydrogen-bond donors (Lipinski definition) is 1. The molecule has 0 radical (unpaired) electrons. The molecular weight excluding hydrogens is 140 g/mol. The number of carboxylic acid groups (broad SMARTS) is 1. The summed E-state index contributed by atoms with van der Waals surface area (Å²) in [5.41, 5.74) is 3.56. The molecule has 50 valence electrons. The Balaban J connectivity index is 0. The average Bonchev–Trinajstić information content (AvgIpc) is 1.89. The van der Waals surface area contributed by atoms with E-state index in [1.807, 2.05) is 0 Å². The van der Waals surface area contributed by atoms with Crippen molar-refractivity contribution in [3.8, 4) is 0 Å². The molecule has 0 atom stereocenters. The van der Waals surface area contributed by atoms with Gasteiger partial charge in [0, 0.05) is 11.6 Å². The molecule has 0 bridgehead atoms. The maximum atomic E-state index is 9.25. The van der Waals surface area contributed by atoms with Crippen LogP contribution in [0.3, 0.4) is 0 Å². The van der Waals surface area contributed by atoms with Crippen molar-refractivity contribution in [2.75, 3.05) is 0 Å². The van der Waals surface area contributed by atoms with Crippen molar-refractivity contribution in [2.45, 2.75) is 0 Å². The summed E-state index contributed by atoms with van der Waals surface area (Å²) in [7, 11) is 0. The number of rotatable bonds is 1. The van der Waals surface area contributed by atoms with Gasteiger partial charge in [0.05, 0.1) is 0 Å². The lowest BCUT2D eigenvalue weighted by Gasteiger charge is -1.64. The summed E-state index contributed by atoms with van der Waals surface area (Å²) in [5.74, 6) is -0.981. The quantitative estimate of drug-likeness (QED) is 0.452. The van der Waals surface area contributed by atoms with Crippen LogP contribution in [0.1, 0.15) is 0 Å². The van der Waals surface area contributed by atoms with E-state index in [1.165, 1.54) is 5.54 Å². The van der Waals surface area contributed by atoms with E-state index in [1.54, 1.807) is 0 Å². The lowest BCUT2D eigenvalue weighted by Crippen LogP contribution is -1.82. The molecule has 0 amide bonds. The number of carboxylic acids is 1. The van der Waals surface area contributed by atoms with Crippen LogP contribution in [0.5, 0.6) is 0 Å². The molecule has 0 fully saturated rings. The molecule has 3 heteroatoms. The molecule has 0 aliphatic heterocycles. The molecule has 0 unspecified atom stereocenters. The standard InChI is InChI=1S/C3H3Cl.C3H4O2/c1-2-3-4;1-2-3(4)5/h3H,1H2;2H,1H2,(H,4,5). The van der Waals surface area contributed by atoms with Gasteiger partial charge in [0.25, 0.3) is 0 Å². The molecule has 9 heavy (non-hydrogen) atoms. The molecule has 2 nitrogen and oxygen atoms in total. The Kier molecular flexibility index (Phi) is 12.2. The maximum Gasteiger partial charge on any atom is 0.327 e. The minimum atomic E-state index is -0.981. The van der Waals surface area contributed by atoms with Crippen molar-refractivity contribution in [2.24, 2.45) is 0 Å². The Morgan fingerprint density at radius 1 is 1.78 bits per heavy atom. The van der Waals surface area contributed by atoms with Gasteiger partial charge in [0.2, 0.25) is 0 Å². The van der Waals surface area contributed by atoms with E-state index < -0.39 is 5.97 Å². The monoisotopic (exact) mass is 146 g/mol. The lowest BCUT2D eigenvalue weighted by atomic mass is 10.7. The third kappa shape index (κ3) is 43.4. The fourth-order valence-corrected chi connectivity index (χ4v) is 0. The molecule has 0 heterocycles. The van der Waals surface area contributed by atoms with Crippen LogP contribution in [0, 0.1) is 0 Å². The van der Waals surface area contributed by atoms with Crippen LogP contribution in [0.4, 0.5) is 0 Å². The van der Waals surface area contributed by atoms with Gasteiger partial charge in [-0.05, 0) is 0 Å². The number of carbonyl (C=O) groups is 1. The Hall–Kier alpha value is -0.980. The van der Waals surface area contributed by atoms with Crippen molar-refractivity contribution in [1.82, 2.24) is 0 Å². The van der Waals surface area contributed by atoms with Gasteiger partial charge < -0.3 is 5.11 Å². The van der Waals surface area contributed by atoms with E-state index in [0.717, 1.165) is 6.08 Å². The van der Waals surface area contributed by atoms with Crippen LogP contribution in [0.2, 0.25) is 0 Å². The van der Waals surface area contributed by atoms with E-state index in [2.05, 4.69) is 18.9 Å². The van der Waals surface area contributed by atoms with Crippen molar-refractivity contribution in [1.29, 1.82) is 0 Å². The predicted molar refractivity (Wildman–Crippen MR) is 37.4 cm³/mol. The Bertz CT molecular complexity index is 134. The van der Waals surface area contributed by atoms with E-state index in [0.29, 0.717) is 0 Å². The Labute approximate surface area is 58.8 Å².